The quantitative estimate of drug-likeness (QED) is 0.173. The lowest BCUT2D eigenvalue weighted by Gasteiger charge is -2.31. The second-order valence-electron chi connectivity index (χ2n) is 16.3. The first-order chi connectivity index (χ1) is 30.3. The molecule has 2 aliphatic rings. The molecule has 0 atom stereocenters. The van der Waals surface area contributed by atoms with Crippen molar-refractivity contribution in [2.24, 2.45) is 0 Å². The molecule has 0 N–H and O–H groups in total. The molecule has 61 heavy (non-hydrogen) atoms. The Hall–Kier alpha value is -7.94. The molecule has 11 aromatic rings. The van der Waals surface area contributed by atoms with E-state index < -0.39 is 5.41 Å². The van der Waals surface area contributed by atoms with Crippen LogP contribution in [0.5, 0.6) is 0 Å². The van der Waals surface area contributed by atoms with Gasteiger partial charge in [-0.1, -0.05) is 188 Å². The molecule has 0 bridgehead atoms. The van der Waals surface area contributed by atoms with Crippen LogP contribution >= 0.6 is 0 Å². The van der Waals surface area contributed by atoms with Gasteiger partial charge in [0, 0.05) is 33.0 Å². The van der Waals surface area contributed by atoms with E-state index in [-0.39, 0.29) is 0 Å². The molecular formula is C59H37NO. The molecule has 1 heterocycles. The van der Waals surface area contributed by atoms with Gasteiger partial charge in [-0.25, -0.2) is 0 Å². The number of anilines is 3. The fraction of sp³-hybridized carbons (Fsp3) is 0.0169. The predicted molar refractivity (Wildman–Crippen MR) is 253 cm³/mol. The van der Waals surface area contributed by atoms with Crippen molar-refractivity contribution >= 4 is 49.8 Å². The minimum absolute atomic E-state index is 0.419. The average Bonchev–Trinajstić information content (AvgIpc) is 3.96. The van der Waals surface area contributed by atoms with E-state index in [0.717, 1.165) is 50.1 Å². The van der Waals surface area contributed by atoms with Crippen molar-refractivity contribution in [3.05, 3.63) is 247 Å². The molecule has 0 aliphatic heterocycles. The van der Waals surface area contributed by atoms with Gasteiger partial charge < -0.3 is 9.32 Å². The van der Waals surface area contributed by atoms with Gasteiger partial charge in [0.05, 0.1) is 16.8 Å². The van der Waals surface area contributed by atoms with Crippen molar-refractivity contribution < 1.29 is 4.42 Å². The molecule has 0 amide bonds. The second kappa shape index (κ2) is 13.0. The molecular weight excluding hydrogens is 739 g/mol. The fourth-order valence-electron chi connectivity index (χ4n) is 10.8. The maximum atomic E-state index is 6.48. The summed E-state index contributed by atoms with van der Waals surface area (Å²) in [6, 6.07) is 82.3. The molecule has 0 saturated carbocycles. The van der Waals surface area contributed by atoms with E-state index in [2.05, 4.69) is 217 Å². The van der Waals surface area contributed by atoms with Crippen molar-refractivity contribution in [1.82, 2.24) is 0 Å². The molecule has 2 aliphatic carbocycles. The van der Waals surface area contributed by atoms with Gasteiger partial charge in [-0.05, 0) is 97.4 Å². The lowest BCUT2D eigenvalue weighted by atomic mass is 9.70. The number of nitrogens with zero attached hydrogens (tertiary/aromatic N) is 1. The summed E-state index contributed by atoms with van der Waals surface area (Å²) in [6.45, 7) is 0. The van der Waals surface area contributed by atoms with E-state index in [0.29, 0.717) is 0 Å². The zero-order chi connectivity index (χ0) is 40.1. The average molecular weight is 776 g/mol. The molecule has 1 aromatic heterocycles. The Morgan fingerprint density at radius 3 is 1.57 bits per heavy atom. The molecule has 0 radical (unpaired) electrons. The number of hydrogen-bond donors (Lipinski definition) is 0. The van der Waals surface area contributed by atoms with Crippen LogP contribution in [0.4, 0.5) is 17.1 Å². The van der Waals surface area contributed by atoms with Crippen molar-refractivity contribution in [2.45, 2.75) is 5.41 Å². The van der Waals surface area contributed by atoms with E-state index in [1.165, 1.54) is 66.4 Å². The first-order valence-electron chi connectivity index (χ1n) is 21.1. The van der Waals surface area contributed by atoms with Crippen LogP contribution in [0.25, 0.3) is 77.2 Å². The maximum absolute atomic E-state index is 6.48. The number of rotatable bonds is 5. The maximum Gasteiger partial charge on any atom is 0.143 e. The minimum atomic E-state index is -0.419. The lowest BCUT2D eigenvalue weighted by molar-refractivity contribution is 0.670. The van der Waals surface area contributed by atoms with Crippen molar-refractivity contribution in [1.29, 1.82) is 0 Å². The largest absolute Gasteiger partial charge is 0.455 e. The Morgan fingerprint density at radius 1 is 0.328 bits per heavy atom. The van der Waals surface area contributed by atoms with Crippen molar-refractivity contribution in [3.8, 4) is 44.5 Å². The van der Waals surface area contributed by atoms with E-state index in [1.807, 2.05) is 12.1 Å². The second-order valence-corrected chi connectivity index (χ2v) is 16.3. The molecule has 10 aromatic carbocycles. The molecule has 284 valence electrons. The van der Waals surface area contributed by atoms with Crippen LogP contribution in [0.2, 0.25) is 0 Å². The van der Waals surface area contributed by atoms with Gasteiger partial charge in [-0.15, -0.1) is 0 Å². The van der Waals surface area contributed by atoms with Crippen LogP contribution in [-0.2, 0) is 5.41 Å². The topological polar surface area (TPSA) is 16.4 Å². The summed E-state index contributed by atoms with van der Waals surface area (Å²) in [7, 11) is 0. The number of furan rings is 1. The van der Waals surface area contributed by atoms with Gasteiger partial charge in [-0.3, -0.25) is 0 Å². The lowest BCUT2D eigenvalue weighted by Crippen LogP contribution is -2.25. The zero-order valence-corrected chi connectivity index (χ0v) is 33.2. The molecule has 0 unspecified atom stereocenters. The Morgan fingerprint density at radius 2 is 0.836 bits per heavy atom. The van der Waals surface area contributed by atoms with Crippen molar-refractivity contribution in [3.63, 3.8) is 0 Å². The first kappa shape index (κ1) is 34.0. The van der Waals surface area contributed by atoms with Crippen LogP contribution in [0, 0.1) is 0 Å². The summed E-state index contributed by atoms with van der Waals surface area (Å²) < 4.78 is 6.48. The Kier molecular flexibility index (Phi) is 7.26. The van der Waals surface area contributed by atoms with Gasteiger partial charge >= 0.3 is 0 Å². The van der Waals surface area contributed by atoms with Crippen LogP contribution in [0.15, 0.2) is 229 Å². The van der Waals surface area contributed by atoms with Crippen LogP contribution in [-0.4, -0.2) is 0 Å². The van der Waals surface area contributed by atoms with Crippen molar-refractivity contribution in [2.75, 3.05) is 4.90 Å². The molecule has 0 fully saturated rings. The van der Waals surface area contributed by atoms with Gasteiger partial charge in [0.1, 0.15) is 11.2 Å². The Balaban J connectivity index is 1.01. The SMILES string of the molecule is c1ccc(N(c2ccc(-c3cccc4c3oc3ccccc34)cc2)c2cccc3ccccc23)c(-c2ccc3c(c2)C2(c4ccccc4-c4ccccc42)c2ccccc2-3)c1. The van der Waals surface area contributed by atoms with Gasteiger partial charge in [0.25, 0.3) is 0 Å². The number of hydrogen-bond acceptors (Lipinski definition) is 2. The smallest absolute Gasteiger partial charge is 0.143 e. The number of para-hydroxylation sites is 3. The number of fused-ring (bicyclic) bond motifs is 14. The van der Waals surface area contributed by atoms with Gasteiger partial charge in [0.2, 0.25) is 0 Å². The summed E-state index contributed by atoms with van der Waals surface area (Å²) in [5, 5.41) is 4.66. The van der Waals surface area contributed by atoms with E-state index in [4.69, 9.17) is 4.42 Å². The first-order valence-corrected chi connectivity index (χ1v) is 21.1. The third kappa shape index (κ3) is 4.79. The Labute approximate surface area is 354 Å². The highest BCUT2D eigenvalue weighted by Gasteiger charge is 2.51. The number of benzene rings is 10. The molecule has 1 spiro atoms. The summed E-state index contributed by atoms with van der Waals surface area (Å²) in [4.78, 5) is 2.45. The minimum Gasteiger partial charge on any atom is -0.455 e. The Bertz CT molecular complexity index is 3490. The predicted octanol–water partition coefficient (Wildman–Crippen LogP) is 15.9. The van der Waals surface area contributed by atoms with Gasteiger partial charge in [0.15, 0.2) is 0 Å². The van der Waals surface area contributed by atoms with Gasteiger partial charge in [-0.2, -0.15) is 0 Å². The standard InChI is InChI=1S/C59H37NO/c1-2-17-42-38(15-1)16-13-29-56(42)60(41-34-31-39(32-35-41)44-23-14-24-50-49-22-7-12-30-57(49)61-58(44)50)55-28-11-6-18-43(55)40-33-36-48-47-21-5-10-27-53(47)59(54(48)37-40)51-25-8-3-19-45(51)46-20-4-9-26-52(46)59/h1-37H. The third-order valence-electron chi connectivity index (χ3n) is 13.3. The molecule has 0 saturated heterocycles. The van der Waals surface area contributed by atoms with E-state index in [9.17, 15) is 0 Å². The normalized spacial score (nSPS) is 13.0. The fourth-order valence-corrected chi connectivity index (χ4v) is 10.8. The molecule has 13 rings (SSSR count). The highest BCUT2D eigenvalue weighted by Crippen LogP contribution is 2.63. The summed E-state index contributed by atoms with van der Waals surface area (Å²) >= 11 is 0. The summed E-state index contributed by atoms with van der Waals surface area (Å²) in [5.41, 5.74) is 19.9. The third-order valence-corrected chi connectivity index (χ3v) is 13.3. The van der Waals surface area contributed by atoms with Crippen LogP contribution in [0.1, 0.15) is 22.3 Å². The van der Waals surface area contributed by atoms with Crippen LogP contribution < -0.4 is 4.90 Å². The highest BCUT2D eigenvalue weighted by molar-refractivity contribution is 6.10. The monoisotopic (exact) mass is 775 g/mol. The zero-order valence-electron chi connectivity index (χ0n) is 33.2. The van der Waals surface area contributed by atoms with E-state index >= 15 is 0 Å². The molecule has 2 nitrogen and oxygen atoms in total. The molecule has 2 heteroatoms. The van der Waals surface area contributed by atoms with E-state index in [1.54, 1.807) is 0 Å². The van der Waals surface area contributed by atoms with Crippen LogP contribution in [0.3, 0.4) is 0 Å². The summed E-state index contributed by atoms with van der Waals surface area (Å²) in [6.07, 6.45) is 0. The highest BCUT2D eigenvalue weighted by atomic mass is 16.3. The summed E-state index contributed by atoms with van der Waals surface area (Å²) in [5.74, 6) is 0.